The molecule has 0 aromatic heterocycles. The Hall–Kier alpha value is -1.24. The first kappa shape index (κ1) is 17.8. The maximum Gasteiger partial charge on any atom is 0.418 e. The van der Waals surface area contributed by atoms with Crippen molar-refractivity contribution >= 4 is 27.5 Å². The summed E-state index contributed by atoms with van der Waals surface area (Å²) < 4.78 is 39.3. The minimum absolute atomic E-state index is 0.0197. The highest BCUT2D eigenvalue weighted by atomic mass is 79.9. The number of nitrogens with one attached hydrogen (secondary N) is 2. The molecule has 0 heterocycles. The molecular weight excluding hydrogens is 349 g/mol. The Morgan fingerprint density at radius 3 is 2.48 bits per heavy atom. The Balaban J connectivity index is 2.90. The predicted molar refractivity (Wildman–Crippen MR) is 80.1 cm³/mol. The molecule has 0 bridgehead atoms. The number of hydrogen-bond acceptors (Lipinski definition) is 2. The predicted octanol–water partition coefficient (Wildman–Crippen LogP) is 4.18. The molecule has 0 aliphatic rings. The quantitative estimate of drug-likeness (QED) is 0.820. The van der Waals surface area contributed by atoms with E-state index in [0.29, 0.717) is 4.47 Å². The van der Waals surface area contributed by atoms with Gasteiger partial charge < -0.3 is 10.6 Å². The highest BCUT2D eigenvalue weighted by molar-refractivity contribution is 9.10. The molecule has 1 amide bonds. The van der Waals surface area contributed by atoms with Crippen LogP contribution in [-0.2, 0) is 11.0 Å². The van der Waals surface area contributed by atoms with Gasteiger partial charge in [0.05, 0.1) is 5.56 Å². The third-order valence-corrected chi connectivity index (χ3v) is 3.55. The standard InChI is InChI=1S/C14H18BrF3N2O/c1-4-8(2)19-13(21)9(3)20-12-6-5-10(15)7-11(12)14(16,17)18/h5-9,20H,4H2,1-3H3,(H,19,21). The molecule has 21 heavy (non-hydrogen) atoms. The normalized spacial score (nSPS) is 14.4. The molecule has 7 heteroatoms. The van der Waals surface area contributed by atoms with Crippen LogP contribution in [0.1, 0.15) is 32.8 Å². The molecule has 0 spiro atoms. The second kappa shape index (κ2) is 7.15. The Kier molecular flexibility index (Phi) is 6.07. The van der Waals surface area contributed by atoms with Crippen molar-refractivity contribution < 1.29 is 18.0 Å². The van der Waals surface area contributed by atoms with Crippen LogP contribution in [0.3, 0.4) is 0 Å². The smallest absolute Gasteiger partial charge is 0.373 e. The second-order valence-electron chi connectivity index (χ2n) is 4.87. The summed E-state index contributed by atoms with van der Waals surface area (Å²) in [4.78, 5) is 11.9. The van der Waals surface area contributed by atoms with Crippen LogP contribution in [0.4, 0.5) is 18.9 Å². The fourth-order valence-electron chi connectivity index (χ4n) is 1.65. The third kappa shape index (κ3) is 5.22. The van der Waals surface area contributed by atoms with E-state index in [1.54, 1.807) is 0 Å². The summed E-state index contributed by atoms with van der Waals surface area (Å²) in [7, 11) is 0. The van der Waals surface area contributed by atoms with Crippen LogP contribution in [0.2, 0.25) is 0 Å². The maximum atomic E-state index is 13.0. The van der Waals surface area contributed by atoms with E-state index in [9.17, 15) is 18.0 Å². The van der Waals surface area contributed by atoms with Gasteiger partial charge in [0.1, 0.15) is 6.04 Å². The monoisotopic (exact) mass is 366 g/mol. The number of halogens is 4. The van der Waals surface area contributed by atoms with E-state index in [1.165, 1.54) is 19.1 Å². The van der Waals surface area contributed by atoms with E-state index >= 15 is 0 Å². The first-order valence-corrected chi connectivity index (χ1v) is 7.38. The molecule has 2 unspecified atom stereocenters. The van der Waals surface area contributed by atoms with Gasteiger partial charge in [0.25, 0.3) is 0 Å². The van der Waals surface area contributed by atoms with Gasteiger partial charge in [-0.25, -0.2) is 0 Å². The van der Waals surface area contributed by atoms with Crippen LogP contribution in [-0.4, -0.2) is 18.0 Å². The summed E-state index contributed by atoms with van der Waals surface area (Å²) >= 11 is 3.02. The zero-order chi connectivity index (χ0) is 16.2. The molecule has 0 saturated carbocycles. The van der Waals surface area contributed by atoms with Crippen LogP contribution in [0.5, 0.6) is 0 Å². The fraction of sp³-hybridized carbons (Fsp3) is 0.500. The van der Waals surface area contributed by atoms with Crippen LogP contribution in [0.25, 0.3) is 0 Å². The van der Waals surface area contributed by atoms with Crippen LogP contribution >= 0.6 is 15.9 Å². The molecule has 3 nitrogen and oxygen atoms in total. The third-order valence-electron chi connectivity index (χ3n) is 3.05. The van der Waals surface area contributed by atoms with Crippen LogP contribution in [0, 0.1) is 0 Å². The van der Waals surface area contributed by atoms with Gasteiger partial charge in [0, 0.05) is 16.2 Å². The van der Waals surface area contributed by atoms with Crippen molar-refractivity contribution in [3.63, 3.8) is 0 Å². The Labute approximate surface area is 130 Å². The van der Waals surface area contributed by atoms with E-state index < -0.39 is 17.8 Å². The van der Waals surface area contributed by atoms with E-state index in [4.69, 9.17) is 0 Å². The fourth-order valence-corrected chi connectivity index (χ4v) is 2.01. The lowest BCUT2D eigenvalue weighted by molar-refractivity contribution is -0.137. The molecule has 1 aromatic carbocycles. The summed E-state index contributed by atoms with van der Waals surface area (Å²) in [5, 5.41) is 5.35. The SMILES string of the molecule is CCC(C)NC(=O)C(C)Nc1ccc(Br)cc1C(F)(F)F. The second-order valence-corrected chi connectivity index (χ2v) is 5.79. The number of hydrogen-bond donors (Lipinski definition) is 2. The molecule has 0 aliphatic heterocycles. The molecular formula is C14H18BrF3N2O. The molecule has 2 atom stereocenters. The van der Waals surface area contributed by atoms with Crippen molar-refractivity contribution in [1.29, 1.82) is 0 Å². The number of carbonyl (C=O) groups is 1. The summed E-state index contributed by atoms with van der Waals surface area (Å²) in [5.74, 6) is -0.333. The Morgan fingerprint density at radius 1 is 1.33 bits per heavy atom. The lowest BCUT2D eigenvalue weighted by Crippen LogP contribution is -2.42. The lowest BCUT2D eigenvalue weighted by Gasteiger charge is -2.21. The number of carbonyl (C=O) groups excluding carboxylic acids is 1. The number of benzene rings is 1. The first-order valence-electron chi connectivity index (χ1n) is 6.58. The molecule has 1 aromatic rings. The van der Waals surface area contributed by atoms with Gasteiger partial charge in [0.2, 0.25) is 5.91 Å². The number of anilines is 1. The molecule has 0 fully saturated rings. The van der Waals surface area contributed by atoms with Crippen molar-refractivity contribution in [2.24, 2.45) is 0 Å². The number of rotatable bonds is 5. The van der Waals surface area contributed by atoms with Crippen LogP contribution < -0.4 is 10.6 Å². The van der Waals surface area contributed by atoms with Gasteiger partial charge in [-0.3, -0.25) is 4.79 Å². The number of alkyl halides is 3. The van der Waals surface area contributed by atoms with Crippen molar-refractivity contribution in [3.8, 4) is 0 Å². The maximum absolute atomic E-state index is 13.0. The summed E-state index contributed by atoms with van der Waals surface area (Å²) in [5.41, 5.74) is -0.919. The molecule has 0 saturated heterocycles. The van der Waals surface area contributed by atoms with Gasteiger partial charge in [-0.1, -0.05) is 22.9 Å². The Morgan fingerprint density at radius 2 is 1.95 bits per heavy atom. The number of amides is 1. The molecule has 1 rings (SSSR count). The summed E-state index contributed by atoms with van der Waals surface area (Å²) in [6.45, 7) is 5.28. The largest absolute Gasteiger partial charge is 0.418 e. The average Bonchev–Trinajstić information content (AvgIpc) is 2.39. The lowest BCUT2D eigenvalue weighted by atomic mass is 10.1. The van der Waals surface area contributed by atoms with Crippen molar-refractivity contribution in [2.75, 3.05) is 5.32 Å². The van der Waals surface area contributed by atoms with Gasteiger partial charge in [-0.05, 0) is 38.5 Å². The van der Waals surface area contributed by atoms with Crippen molar-refractivity contribution in [1.82, 2.24) is 5.32 Å². The van der Waals surface area contributed by atoms with Gasteiger partial charge >= 0.3 is 6.18 Å². The first-order chi connectivity index (χ1) is 9.65. The topological polar surface area (TPSA) is 41.1 Å². The van der Waals surface area contributed by atoms with Gasteiger partial charge in [-0.2, -0.15) is 13.2 Å². The van der Waals surface area contributed by atoms with E-state index in [1.807, 2.05) is 13.8 Å². The van der Waals surface area contributed by atoms with E-state index in [0.717, 1.165) is 12.5 Å². The minimum Gasteiger partial charge on any atom is -0.373 e. The highest BCUT2D eigenvalue weighted by Crippen LogP contribution is 2.36. The molecule has 2 N–H and O–H groups in total. The highest BCUT2D eigenvalue weighted by Gasteiger charge is 2.34. The minimum atomic E-state index is -4.49. The van der Waals surface area contributed by atoms with Gasteiger partial charge in [-0.15, -0.1) is 0 Å². The van der Waals surface area contributed by atoms with E-state index in [2.05, 4.69) is 26.6 Å². The van der Waals surface area contributed by atoms with Crippen LogP contribution in [0.15, 0.2) is 22.7 Å². The molecule has 0 radical (unpaired) electrons. The zero-order valence-corrected chi connectivity index (χ0v) is 13.6. The molecule has 118 valence electrons. The summed E-state index contributed by atoms with van der Waals surface area (Å²) in [6.07, 6.45) is -3.73. The summed E-state index contributed by atoms with van der Waals surface area (Å²) in [6, 6.07) is 3.01. The Bertz CT molecular complexity index is 505. The van der Waals surface area contributed by atoms with Crippen molar-refractivity contribution in [3.05, 3.63) is 28.2 Å². The van der Waals surface area contributed by atoms with Crippen molar-refractivity contribution in [2.45, 2.75) is 45.5 Å². The van der Waals surface area contributed by atoms with Gasteiger partial charge in [0.15, 0.2) is 0 Å². The average molecular weight is 367 g/mol. The zero-order valence-electron chi connectivity index (χ0n) is 12.0. The molecule has 0 aliphatic carbocycles. The van der Waals surface area contributed by atoms with E-state index in [-0.39, 0.29) is 17.6 Å².